The van der Waals surface area contributed by atoms with Crippen molar-refractivity contribution in [1.82, 2.24) is 9.13 Å². The summed E-state index contributed by atoms with van der Waals surface area (Å²) in [5.74, 6) is -0.844. The van der Waals surface area contributed by atoms with E-state index in [2.05, 4.69) is 4.99 Å². The number of hydrogen-bond donors (Lipinski definition) is 0. The number of carbonyl (C=O) groups is 2. The Morgan fingerprint density at radius 2 is 1.88 bits per heavy atom. The maximum absolute atomic E-state index is 13.9. The van der Waals surface area contributed by atoms with Gasteiger partial charge in [-0.25, -0.2) is 14.6 Å². The molecule has 5 heterocycles. The summed E-state index contributed by atoms with van der Waals surface area (Å²) in [6.07, 6.45) is 1.86. The molecule has 1 atom stereocenters. The second kappa shape index (κ2) is 10.8. The van der Waals surface area contributed by atoms with Crippen molar-refractivity contribution < 1.29 is 19.1 Å². The second-order valence-electron chi connectivity index (χ2n) is 9.43. The van der Waals surface area contributed by atoms with Crippen LogP contribution in [0.3, 0.4) is 0 Å². The van der Waals surface area contributed by atoms with Crippen molar-refractivity contribution >= 4 is 52.0 Å². The van der Waals surface area contributed by atoms with Gasteiger partial charge >= 0.3 is 11.9 Å². The van der Waals surface area contributed by atoms with E-state index in [0.717, 1.165) is 37.3 Å². The largest absolute Gasteiger partial charge is 0.465 e. The molecule has 0 saturated heterocycles. The molecule has 1 aliphatic heterocycles. The van der Waals surface area contributed by atoms with Crippen LogP contribution in [0.4, 0.5) is 0 Å². The van der Waals surface area contributed by atoms with Crippen LogP contribution in [0.25, 0.3) is 11.1 Å². The average molecular weight is 596 g/mol. The Morgan fingerprint density at radius 1 is 1.12 bits per heavy atom. The van der Waals surface area contributed by atoms with Crippen LogP contribution in [0.2, 0.25) is 0 Å². The molecule has 0 N–H and O–H groups in total. The lowest BCUT2D eigenvalue weighted by molar-refractivity contribution is -0.139. The maximum Gasteiger partial charge on any atom is 0.341 e. The van der Waals surface area contributed by atoms with Crippen LogP contribution in [0, 0.1) is 27.7 Å². The lowest BCUT2D eigenvalue weighted by atomic mass is 10.0. The zero-order chi connectivity index (χ0) is 28.9. The van der Waals surface area contributed by atoms with E-state index in [4.69, 9.17) is 9.47 Å². The van der Waals surface area contributed by atoms with E-state index >= 15 is 0 Å². The van der Waals surface area contributed by atoms with Gasteiger partial charge in [-0.15, -0.1) is 22.7 Å². The first-order valence-corrected chi connectivity index (χ1v) is 15.2. The molecule has 0 spiro atoms. The highest BCUT2D eigenvalue weighted by atomic mass is 32.1. The number of methoxy groups -OCH3 is 1. The molecule has 0 amide bonds. The first-order valence-electron chi connectivity index (χ1n) is 12.7. The first kappa shape index (κ1) is 28.0. The number of ether oxygens (including phenoxy) is 2. The molecule has 0 unspecified atom stereocenters. The summed E-state index contributed by atoms with van der Waals surface area (Å²) in [5.41, 5.74) is 4.83. The topological polar surface area (TPSA) is 91.9 Å². The monoisotopic (exact) mass is 595 g/mol. The number of carbonyl (C=O) groups excluding carboxylic acids is 2. The van der Waals surface area contributed by atoms with E-state index < -0.39 is 12.0 Å². The van der Waals surface area contributed by atoms with Crippen molar-refractivity contribution in [3.8, 4) is 5.00 Å². The quantitative estimate of drug-likeness (QED) is 0.301. The van der Waals surface area contributed by atoms with Crippen LogP contribution in [-0.4, -0.2) is 34.8 Å². The number of rotatable bonds is 6. The van der Waals surface area contributed by atoms with Gasteiger partial charge in [-0.3, -0.25) is 9.36 Å². The number of aromatic nitrogens is 2. The molecule has 8 nitrogen and oxygen atoms in total. The lowest BCUT2D eigenvalue weighted by Crippen LogP contribution is -2.39. The molecule has 0 aliphatic carbocycles. The maximum atomic E-state index is 13.9. The van der Waals surface area contributed by atoms with Crippen LogP contribution in [0.15, 0.2) is 44.6 Å². The zero-order valence-electron chi connectivity index (χ0n) is 23.3. The third-order valence-corrected chi connectivity index (χ3v) is 10.1. The molecule has 40 heavy (non-hydrogen) atoms. The molecular formula is C29H29N3O5S3. The fraction of sp³-hybridized carbons (Fsp3) is 0.310. The summed E-state index contributed by atoms with van der Waals surface area (Å²) >= 11 is 4.31. The highest BCUT2D eigenvalue weighted by molar-refractivity contribution is 7.15. The van der Waals surface area contributed by atoms with Crippen molar-refractivity contribution in [3.05, 3.63) is 92.4 Å². The number of thiophene rings is 2. The fourth-order valence-electron chi connectivity index (χ4n) is 5.00. The van der Waals surface area contributed by atoms with E-state index in [1.807, 2.05) is 61.9 Å². The molecule has 11 heteroatoms. The van der Waals surface area contributed by atoms with Gasteiger partial charge in [-0.2, -0.15) is 0 Å². The van der Waals surface area contributed by atoms with Gasteiger partial charge in [0, 0.05) is 21.1 Å². The second-order valence-corrected chi connectivity index (χ2v) is 12.6. The van der Waals surface area contributed by atoms with E-state index in [-0.39, 0.29) is 18.1 Å². The molecular weight excluding hydrogens is 567 g/mol. The van der Waals surface area contributed by atoms with Crippen LogP contribution < -0.4 is 14.9 Å². The minimum Gasteiger partial charge on any atom is -0.465 e. The van der Waals surface area contributed by atoms with Gasteiger partial charge in [-0.05, 0) is 76.3 Å². The predicted molar refractivity (Wildman–Crippen MR) is 159 cm³/mol. The number of aryl methyl sites for hydroxylation is 2. The molecule has 0 radical (unpaired) electrons. The molecule has 0 bridgehead atoms. The molecule has 1 aliphatic rings. The summed E-state index contributed by atoms with van der Waals surface area (Å²) < 4.78 is 14.6. The van der Waals surface area contributed by atoms with Gasteiger partial charge in [-0.1, -0.05) is 17.4 Å². The first-order chi connectivity index (χ1) is 19.1. The SMILES string of the molecule is CCOC(=O)C1=C(C)N=c2s/c(=C\c3cc(C)n(-c4sc(C)c(C)c4C(=O)OC)c3C)c(=O)n2[C@@H]1c1cccs1. The molecule has 208 valence electrons. The summed E-state index contributed by atoms with van der Waals surface area (Å²) in [6, 6.07) is 5.22. The van der Waals surface area contributed by atoms with E-state index in [1.165, 1.54) is 41.1 Å². The summed E-state index contributed by atoms with van der Waals surface area (Å²) in [7, 11) is 1.39. The van der Waals surface area contributed by atoms with Gasteiger partial charge in [0.15, 0.2) is 4.80 Å². The Hall–Kier alpha value is -3.54. The number of thiazole rings is 1. The van der Waals surface area contributed by atoms with Gasteiger partial charge in [0.2, 0.25) is 0 Å². The number of nitrogens with zero attached hydrogens (tertiary/aromatic N) is 3. The molecule has 0 saturated carbocycles. The predicted octanol–water partition coefficient (Wildman–Crippen LogP) is 4.73. The molecule has 5 rings (SSSR count). The van der Waals surface area contributed by atoms with E-state index in [1.54, 1.807) is 18.4 Å². The minimum absolute atomic E-state index is 0.223. The smallest absolute Gasteiger partial charge is 0.341 e. The van der Waals surface area contributed by atoms with Crippen molar-refractivity contribution in [3.63, 3.8) is 0 Å². The molecule has 0 aromatic carbocycles. The van der Waals surface area contributed by atoms with Gasteiger partial charge in [0.05, 0.1) is 35.1 Å². The summed E-state index contributed by atoms with van der Waals surface area (Å²) in [5, 5.41) is 2.72. The molecule has 4 aromatic rings. The Morgan fingerprint density at radius 3 is 2.52 bits per heavy atom. The van der Waals surface area contributed by atoms with Crippen molar-refractivity contribution in [2.75, 3.05) is 13.7 Å². The fourth-order valence-corrected chi connectivity index (χ4v) is 8.12. The van der Waals surface area contributed by atoms with Crippen LogP contribution >= 0.6 is 34.0 Å². The standard InChI is InChI=1S/C29H29N3O5S3/c1-8-37-28(35)23-16(4)30-29-32(24(23)20-10-9-11-38-20)25(33)21(40-29)13-19-12-14(2)31(17(19)5)26-22(27(34)36-7)15(3)18(6)39-26/h9-13,24H,8H2,1-7H3/b21-13-/t24-/m1/s1. The highest BCUT2D eigenvalue weighted by Crippen LogP contribution is 2.35. The third kappa shape index (κ3) is 4.51. The van der Waals surface area contributed by atoms with E-state index in [9.17, 15) is 14.4 Å². The molecule has 0 fully saturated rings. The van der Waals surface area contributed by atoms with Crippen molar-refractivity contribution in [1.29, 1.82) is 0 Å². The number of hydrogen-bond acceptors (Lipinski definition) is 9. The summed E-state index contributed by atoms with van der Waals surface area (Å²) in [6.45, 7) is 11.6. The number of esters is 2. The minimum atomic E-state index is -0.607. The van der Waals surface area contributed by atoms with Crippen molar-refractivity contribution in [2.45, 2.75) is 47.6 Å². The average Bonchev–Trinajstić information content (AvgIpc) is 3.67. The Labute approximate surface area is 243 Å². The van der Waals surface area contributed by atoms with Crippen LogP contribution in [0.1, 0.15) is 62.5 Å². The zero-order valence-corrected chi connectivity index (χ0v) is 25.7. The van der Waals surface area contributed by atoms with Gasteiger partial charge < -0.3 is 14.0 Å². The number of fused-ring (bicyclic) bond motifs is 1. The Kier molecular flexibility index (Phi) is 7.56. The Balaban J connectivity index is 1.68. The molecule has 4 aromatic heterocycles. The summed E-state index contributed by atoms with van der Waals surface area (Å²) in [4.78, 5) is 46.6. The highest BCUT2D eigenvalue weighted by Gasteiger charge is 2.34. The normalized spacial score (nSPS) is 15.3. The Bertz CT molecular complexity index is 1870. The van der Waals surface area contributed by atoms with Crippen molar-refractivity contribution in [2.24, 2.45) is 4.99 Å². The van der Waals surface area contributed by atoms with Crippen LogP contribution in [0.5, 0.6) is 0 Å². The number of allylic oxidation sites excluding steroid dienone is 1. The van der Waals surface area contributed by atoms with Gasteiger partial charge in [0.1, 0.15) is 11.0 Å². The van der Waals surface area contributed by atoms with E-state index in [0.29, 0.717) is 26.2 Å². The van der Waals surface area contributed by atoms with Gasteiger partial charge in [0.25, 0.3) is 5.56 Å². The van der Waals surface area contributed by atoms with Crippen LogP contribution in [-0.2, 0) is 14.3 Å². The third-order valence-electron chi connectivity index (χ3n) is 7.05. The lowest BCUT2D eigenvalue weighted by Gasteiger charge is -2.23.